The molecule has 1 aromatic rings. The van der Waals surface area contributed by atoms with E-state index >= 15 is 0 Å². The van der Waals surface area contributed by atoms with Crippen molar-refractivity contribution in [3.8, 4) is 0 Å². The van der Waals surface area contributed by atoms with Crippen molar-refractivity contribution in [2.24, 2.45) is 0 Å². The first-order valence-electron chi connectivity index (χ1n) is 4.78. The lowest BCUT2D eigenvalue weighted by atomic mass is 10.3. The van der Waals surface area contributed by atoms with Gasteiger partial charge in [-0.2, -0.15) is 0 Å². The Hall–Kier alpha value is -1.12. The molecule has 1 N–H and O–H groups in total. The van der Waals surface area contributed by atoms with Crippen molar-refractivity contribution in [1.82, 2.24) is 9.97 Å². The van der Waals surface area contributed by atoms with Crippen LogP contribution in [0.1, 0.15) is 31.2 Å². The van der Waals surface area contributed by atoms with E-state index < -0.39 is 0 Å². The molecule has 1 heterocycles. The molecule has 0 spiro atoms. The zero-order chi connectivity index (χ0) is 9.68. The summed E-state index contributed by atoms with van der Waals surface area (Å²) in [5.41, 5.74) is 2.00. The topological polar surface area (TPSA) is 37.8 Å². The second-order valence-corrected chi connectivity index (χ2v) is 3.21. The van der Waals surface area contributed by atoms with Crippen LogP contribution in [0.25, 0.3) is 0 Å². The number of hydrogen-bond acceptors (Lipinski definition) is 3. The highest BCUT2D eigenvalue weighted by Gasteiger charge is 1.97. The van der Waals surface area contributed by atoms with Crippen molar-refractivity contribution in [2.45, 2.75) is 33.6 Å². The van der Waals surface area contributed by atoms with Gasteiger partial charge in [0.05, 0.1) is 17.6 Å². The second kappa shape index (κ2) is 4.80. The molecule has 0 amide bonds. The maximum absolute atomic E-state index is 4.37. The fourth-order valence-electron chi connectivity index (χ4n) is 1.02. The minimum atomic E-state index is 0.886. The number of rotatable bonds is 4. The zero-order valence-electron chi connectivity index (χ0n) is 8.59. The molecule has 0 aliphatic carbocycles. The number of anilines is 1. The van der Waals surface area contributed by atoms with Gasteiger partial charge in [0.1, 0.15) is 5.82 Å². The average Bonchev–Trinajstić information content (AvgIpc) is 2.12. The Morgan fingerprint density at radius 2 is 2.08 bits per heavy atom. The zero-order valence-corrected chi connectivity index (χ0v) is 8.59. The van der Waals surface area contributed by atoms with Crippen molar-refractivity contribution in [2.75, 3.05) is 11.9 Å². The molecule has 1 rings (SSSR count). The van der Waals surface area contributed by atoms with E-state index in [-0.39, 0.29) is 0 Å². The smallest absolute Gasteiger partial charge is 0.144 e. The lowest BCUT2D eigenvalue weighted by molar-refractivity contribution is 0.828. The molecule has 0 aromatic carbocycles. The molecule has 3 nitrogen and oxygen atoms in total. The predicted octanol–water partition coefficient (Wildman–Crippen LogP) is 2.31. The Morgan fingerprint density at radius 3 is 2.69 bits per heavy atom. The molecule has 72 valence electrons. The number of unbranched alkanes of at least 4 members (excludes halogenated alkanes) is 1. The highest BCUT2D eigenvalue weighted by atomic mass is 15.0. The van der Waals surface area contributed by atoms with Crippen LogP contribution in [0.3, 0.4) is 0 Å². The van der Waals surface area contributed by atoms with Gasteiger partial charge < -0.3 is 5.32 Å². The molecule has 0 atom stereocenters. The molecule has 0 bridgehead atoms. The van der Waals surface area contributed by atoms with E-state index in [9.17, 15) is 0 Å². The minimum Gasteiger partial charge on any atom is -0.369 e. The first-order valence-corrected chi connectivity index (χ1v) is 4.78. The summed E-state index contributed by atoms with van der Waals surface area (Å²) in [6, 6.07) is 0. The molecule has 3 heteroatoms. The first kappa shape index (κ1) is 9.96. The Bertz CT molecular complexity index is 271. The molecule has 0 radical (unpaired) electrons. The van der Waals surface area contributed by atoms with Gasteiger partial charge in [0, 0.05) is 6.54 Å². The summed E-state index contributed by atoms with van der Waals surface area (Å²) in [5.74, 6) is 0.886. The summed E-state index contributed by atoms with van der Waals surface area (Å²) in [6.07, 6.45) is 4.16. The van der Waals surface area contributed by atoms with Crippen molar-refractivity contribution in [3.05, 3.63) is 17.6 Å². The Morgan fingerprint density at radius 1 is 1.31 bits per heavy atom. The molecule has 0 aliphatic rings. The van der Waals surface area contributed by atoms with Crippen LogP contribution in [0.5, 0.6) is 0 Å². The maximum Gasteiger partial charge on any atom is 0.144 e. The van der Waals surface area contributed by atoms with E-state index in [0.29, 0.717) is 0 Å². The van der Waals surface area contributed by atoms with E-state index in [1.807, 2.05) is 13.8 Å². The third-order valence-electron chi connectivity index (χ3n) is 2.03. The van der Waals surface area contributed by atoms with Crippen LogP contribution in [0.4, 0.5) is 5.82 Å². The number of hydrogen-bond donors (Lipinski definition) is 1. The van der Waals surface area contributed by atoms with E-state index in [0.717, 1.165) is 23.8 Å². The fraction of sp³-hybridized carbons (Fsp3) is 0.600. The van der Waals surface area contributed by atoms with Crippen molar-refractivity contribution < 1.29 is 0 Å². The van der Waals surface area contributed by atoms with E-state index in [1.54, 1.807) is 6.20 Å². The van der Waals surface area contributed by atoms with Crippen molar-refractivity contribution in [3.63, 3.8) is 0 Å². The summed E-state index contributed by atoms with van der Waals surface area (Å²) in [6.45, 7) is 7.10. The van der Waals surface area contributed by atoms with Gasteiger partial charge in [0.2, 0.25) is 0 Å². The largest absolute Gasteiger partial charge is 0.369 e. The Balaban J connectivity index is 2.53. The summed E-state index contributed by atoms with van der Waals surface area (Å²) in [7, 11) is 0. The minimum absolute atomic E-state index is 0.886. The summed E-state index contributed by atoms with van der Waals surface area (Å²) in [5, 5.41) is 3.24. The van der Waals surface area contributed by atoms with Crippen LogP contribution in [-0.4, -0.2) is 16.5 Å². The number of aryl methyl sites for hydroxylation is 2. The summed E-state index contributed by atoms with van der Waals surface area (Å²) < 4.78 is 0. The van der Waals surface area contributed by atoms with Crippen LogP contribution in [0.2, 0.25) is 0 Å². The van der Waals surface area contributed by atoms with E-state index in [1.165, 1.54) is 12.8 Å². The summed E-state index contributed by atoms with van der Waals surface area (Å²) in [4.78, 5) is 8.60. The van der Waals surface area contributed by atoms with Gasteiger partial charge in [-0.15, -0.1) is 0 Å². The predicted molar refractivity (Wildman–Crippen MR) is 54.9 cm³/mol. The lowest BCUT2D eigenvalue weighted by Gasteiger charge is -2.05. The van der Waals surface area contributed by atoms with Crippen LogP contribution in [0, 0.1) is 13.8 Å². The van der Waals surface area contributed by atoms with Gasteiger partial charge in [0.15, 0.2) is 0 Å². The molecule has 13 heavy (non-hydrogen) atoms. The van der Waals surface area contributed by atoms with Crippen LogP contribution < -0.4 is 5.32 Å². The second-order valence-electron chi connectivity index (χ2n) is 3.21. The number of nitrogens with zero attached hydrogens (tertiary/aromatic N) is 2. The summed E-state index contributed by atoms with van der Waals surface area (Å²) >= 11 is 0. The van der Waals surface area contributed by atoms with Gasteiger partial charge in [-0.3, -0.25) is 4.98 Å². The first-order chi connectivity index (χ1) is 6.24. The molecule has 0 unspecified atom stereocenters. The Kier molecular flexibility index (Phi) is 3.68. The van der Waals surface area contributed by atoms with E-state index in [4.69, 9.17) is 0 Å². The van der Waals surface area contributed by atoms with E-state index in [2.05, 4.69) is 22.2 Å². The normalized spacial score (nSPS) is 10.1. The average molecular weight is 179 g/mol. The van der Waals surface area contributed by atoms with Gasteiger partial charge in [-0.05, 0) is 20.3 Å². The van der Waals surface area contributed by atoms with Crippen LogP contribution in [-0.2, 0) is 0 Å². The molecule has 1 aromatic heterocycles. The van der Waals surface area contributed by atoms with Crippen LogP contribution in [0.15, 0.2) is 6.20 Å². The number of aromatic nitrogens is 2. The quantitative estimate of drug-likeness (QED) is 0.721. The van der Waals surface area contributed by atoms with Crippen molar-refractivity contribution >= 4 is 5.82 Å². The molecule has 0 saturated heterocycles. The fourth-order valence-corrected chi connectivity index (χ4v) is 1.02. The molecule has 0 fully saturated rings. The third kappa shape index (κ3) is 3.01. The van der Waals surface area contributed by atoms with Gasteiger partial charge in [0.25, 0.3) is 0 Å². The number of nitrogens with one attached hydrogen (secondary N) is 1. The van der Waals surface area contributed by atoms with Gasteiger partial charge >= 0.3 is 0 Å². The third-order valence-corrected chi connectivity index (χ3v) is 2.03. The molecule has 0 saturated carbocycles. The molecular weight excluding hydrogens is 162 g/mol. The highest BCUT2D eigenvalue weighted by molar-refractivity contribution is 5.32. The monoisotopic (exact) mass is 179 g/mol. The Labute approximate surface area is 79.6 Å². The highest BCUT2D eigenvalue weighted by Crippen LogP contribution is 2.05. The lowest BCUT2D eigenvalue weighted by Crippen LogP contribution is -2.04. The standard InChI is InChI=1S/C10H17N3/c1-4-5-6-11-10-7-12-8(2)9(3)13-10/h7H,4-6H2,1-3H3,(H,11,13). The molecular formula is C10H17N3. The SMILES string of the molecule is CCCCNc1cnc(C)c(C)n1. The van der Waals surface area contributed by atoms with Gasteiger partial charge in [-0.1, -0.05) is 13.3 Å². The van der Waals surface area contributed by atoms with Crippen molar-refractivity contribution in [1.29, 1.82) is 0 Å². The molecule has 0 aliphatic heterocycles. The maximum atomic E-state index is 4.37. The van der Waals surface area contributed by atoms with Crippen LogP contribution >= 0.6 is 0 Å². The van der Waals surface area contributed by atoms with Gasteiger partial charge in [-0.25, -0.2) is 4.98 Å².